The third-order valence-corrected chi connectivity index (χ3v) is 5.45. The molecule has 29 heavy (non-hydrogen) atoms. The molecule has 1 heterocycles. The van der Waals surface area contributed by atoms with Crippen LogP contribution in [0.15, 0.2) is 42.5 Å². The molecule has 1 aliphatic heterocycles. The highest BCUT2D eigenvalue weighted by atomic mass is 16.5. The van der Waals surface area contributed by atoms with Gasteiger partial charge in [-0.2, -0.15) is 4.79 Å². The molecule has 0 fully saturated rings. The SMILES string of the molecule is CCOC(=O)C(=[N+]=[N-])C(=O)CC1c2ccccc2CCN1c1ccc(C)c(C)c1. The Balaban J connectivity index is 1.98. The summed E-state index contributed by atoms with van der Waals surface area (Å²) in [5, 5.41) is 0. The number of ether oxygens (including phenoxy) is 1. The molecule has 0 amide bonds. The van der Waals surface area contributed by atoms with E-state index in [0.717, 1.165) is 24.2 Å². The van der Waals surface area contributed by atoms with E-state index in [9.17, 15) is 15.1 Å². The number of esters is 1. The zero-order chi connectivity index (χ0) is 21.0. The van der Waals surface area contributed by atoms with Gasteiger partial charge < -0.3 is 15.2 Å². The molecule has 0 bridgehead atoms. The maximum Gasteiger partial charge on any atom is 0.441 e. The number of carbonyl (C=O) groups excluding carboxylic acids is 2. The second-order valence-corrected chi connectivity index (χ2v) is 7.22. The van der Waals surface area contributed by atoms with Gasteiger partial charge in [-0.05, 0) is 61.6 Å². The number of aryl methyl sites for hydroxylation is 2. The lowest BCUT2D eigenvalue weighted by Crippen LogP contribution is -2.39. The molecule has 6 heteroatoms. The molecule has 0 spiro atoms. The van der Waals surface area contributed by atoms with Crippen molar-refractivity contribution in [3.05, 3.63) is 70.2 Å². The van der Waals surface area contributed by atoms with Crippen molar-refractivity contribution in [1.29, 1.82) is 0 Å². The lowest BCUT2D eigenvalue weighted by Gasteiger charge is -2.39. The first-order valence-corrected chi connectivity index (χ1v) is 9.80. The highest BCUT2D eigenvalue weighted by Gasteiger charge is 2.37. The number of benzene rings is 2. The molecule has 1 aliphatic rings. The monoisotopic (exact) mass is 391 g/mol. The van der Waals surface area contributed by atoms with Gasteiger partial charge in [-0.3, -0.25) is 4.79 Å². The topological polar surface area (TPSA) is 83.0 Å². The van der Waals surface area contributed by atoms with E-state index in [0.29, 0.717) is 0 Å². The van der Waals surface area contributed by atoms with Crippen LogP contribution in [0, 0.1) is 13.8 Å². The Morgan fingerprint density at radius 2 is 1.93 bits per heavy atom. The van der Waals surface area contributed by atoms with E-state index < -0.39 is 17.5 Å². The van der Waals surface area contributed by atoms with Gasteiger partial charge in [0.25, 0.3) is 5.78 Å². The van der Waals surface area contributed by atoms with Crippen LogP contribution in [0.2, 0.25) is 0 Å². The van der Waals surface area contributed by atoms with Crippen LogP contribution in [0.5, 0.6) is 0 Å². The van der Waals surface area contributed by atoms with Crippen molar-refractivity contribution in [3.8, 4) is 0 Å². The van der Waals surface area contributed by atoms with Gasteiger partial charge in [0.2, 0.25) is 0 Å². The van der Waals surface area contributed by atoms with Crippen LogP contribution in [0.3, 0.4) is 0 Å². The third-order valence-electron chi connectivity index (χ3n) is 5.45. The van der Waals surface area contributed by atoms with Gasteiger partial charge in [-0.1, -0.05) is 30.3 Å². The summed E-state index contributed by atoms with van der Waals surface area (Å²) in [5.41, 5.74) is 14.3. The second-order valence-electron chi connectivity index (χ2n) is 7.22. The molecule has 1 unspecified atom stereocenters. The summed E-state index contributed by atoms with van der Waals surface area (Å²) >= 11 is 0. The summed E-state index contributed by atoms with van der Waals surface area (Å²) in [7, 11) is 0. The van der Waals surface area contributed by atoms with E-state index in [4.69, 9.17) is 4.74 Å². The van der Waals surface area contributed by atoms with Crippen LogP contribution in [-0.2, 0) is 20.7 Å². The summed E-state index contributed by atoms with van der Waals surface area (Å²) < 4.78 is 4.85. The molecular weight excluding hydrogens is 366 g/mol. The van der Waals surface area contributed by atoms with Gasteiger partial charge in [0.05, 0.1) is 12.6 Å². The summed E-state index contributed by atoms with van der Waals surface area (Å²) in [6.07, 6.45) is 0.884. The third kappa shape index (κ3) is 4.28. The second kappa shape index (κ2) is 8.84. The largest absolute Gasteiger partial charge is 0.457 e. The van der Waals surface area contributed by atoms with Crippen molar-refractivity contribution >= 4 is 23.2 Å². The molecule has 2 aromatic rings. The fourth-order valence-corrected chi connectivity index (χ4v) is 3.77. The summed E-state index contributed by atoms with van der Waals surface area (Å²) in [4.78, 5) is 30.0. The highest BCUT2D eigenvalue weighted by molar-refractivity contribution is 6.62. The average Bonchev–Trinajstić information content (AvgIpc) is 2.71. The molecule has 3 rings (SSSR count). The molecule has 0 radical (unpaired) electrons. The van der Waals surface area contributed by atoms with Crippen molar-refractivity contribution < 1.29 is 19.1 Å². The first-order chi connectivity index (χ1) is 14.0. The fraction of sp³-hybridized carbons (Fsp3) is 0.348. The van der Waals surface area contributed by atoms with E-state index >= 15 is 0 Å². The van der Waals surface area contributed by atoms with Gasteiger partial charge in [0.1, 0.15) is 0 Å². The van der Waals surface area contributed by atoms with Crippen LogP contribution in [-0.4, -0.2) is 35.4 Å². The van der Waals surface area contributed by atoms with Crippen LogP contribution in [0.4, 0.5) is 5.69 Å². The fourth-order valence-electron chi connectivity index (χ4n) is 3.77. The minimum absolute atomic E-state index is 0.0160. The quantitative estimate of drug-likeness (QED) is 0.248. The smallest absolute Gasteiger partial charge is 0.441 e. The molecule has 0 aliphatic carbocycles. The number of nitrogens with zero attached hydrogens (tertiary/aromatic N) is 3. The molecule has 0 saturated carbocycles. The van der Waals surface area contributed by atoms with E-state index in [2.05, 4.69) is 47.8 Å². The van der Waals surface area contributed by atoms with Crippen LogP contribution >= 0.6 is 0 Å². The molecule has 0 N–H and O–H groups in total. The summed E-state index contributed by atoms with van der Waals surface area (Å²) in [5.74, 6) is -1.44. The van der Waals surface area contributed by atoms with Gasteiger partial charge in [0, 0.05) is 18.7 Å². The van der Waals surface area contributed by atoms with Crippen LogP contribution < -0.4 is 4.90 Å². The van der Waals surface area contributed by atoms with Gasteiger partial charge in [0.15, 0.2) is 0 Å². The maximum absolute atomic E-state index is 12.8. The lowest BCUT2D eigenvalue weighted by molar-refractivity contribution is -0.141. The number of anilines is 1. The van der Waals surface area contributed by atoms with Crippen molar-refractivity contribution in [3.63, 3.8) is 0 Å². The number of ketones is 1. The average molecular weight is 391 g/mol. The van der Waals surface area contributed by atoms with Gasteiger partial charge >= 0.3 is 11.7 Å². The first kappa shape index (κ1) is 20.5. The Morgan fingerprint density at radius 3 is 2.62 bits per heavy atom. The first-order valence-electron chi connectivity index (χ1n) is 9.80. The van der Waals surface area contributed by atoms with Crippen molar-refractivity contribution in [2.75, 3.05) is 18.1 Å². The summed E-state index contributed by atoms with van der Waals surface area (Å²) in [6, 6.07) is 14.0. The molecule has 6 nitrogen and oxygen atoms in total. The van der Waals surface area contributed by atoms with Crippen molar-refractivity contribution in [2.45, 2.75) is 39.7 Å². The summed E-state index contributed by atoms with van der Waals surface area (Å²) in [6.45, 7) is 6.62. The number of fused-ring (bicyclic) bond motifs is 1. The number of hydrogen-bond acceptors (Lipinski definition) is 4. The number of carbonyl (C=O) groups is 2. The van der Waals surface area contributed by atoms with Crippen molar-refractivity contribution in [2.24, 2.45) is 0 Å². The van der Waals surface area contributed by atoms with Gasteiger partial charge in [-0.25, -0.2) is 4.79 Å². The molecular formula is C23H25N3O3. The van der Waals surface area contributed by atoms with E-state index in [1.165, 1.54) is 16.7 Å². The standard InChI is InChI=1S/C23H25N3O3/c1-4-29-23(28)22(25-24)21(27)14-20-19-8-6-5-7-17(19)11-12-26(20)18-10-9-15(2)16(3)13-18/h5-10,13,20H,4,11-12,14H2,1-3H3. The Morgan fingerprint density at radius 1 is 1.17 bits per heavy atom. The van der Waals surface area contributed by atoms with Crippen LogP contribution in [0.1, 0.15) is 41.6 Å². The van der Waals surface area contributed by atoms with E-state index in [1.54, 1.807) is 6.92 Å². The van der Waals surface area contributed by atoms with E-state index in [1.807, 2.05) is 18.2 Å². The number of hydrogen-bond donors (Lipinski definition) is 0. The number of Topliss-reactive ketones (excluding diaryl/α,β-unsaturated/α-hetero) is 1. The Bertz CT molecular complexity index is 993. The predicted molar refractivity (Wildman–Crippen MR) is 111 cm³/mol. The molecule has 0 aromatic heterocycles. The maximum atomic E-state index is 12.8. The van der Waals surface area contributed by atoms with Crippen molar-refractivity contribution in [1.82, 2.24) is 0 Å². The van der Waals surface area contributed by atoms with E-state index in [-0.39, 0.29) is 19.1 Å². The minimum atomic E-state index is -0.901. The molecule has 150 valence electrons. The Labute approximate surface area is 170 Å². The van der Waals surface area contributed by atoms with Crippen LogP contribution in [0.25, 0.3) is 5.53 Å². The zero-order valence-corrected chi connectivity index (χ0v) is 17.0. The minimum Gasteiger partial charge on any atom is -0.457 e. The highest BCUT2D eigenvalue weighted by Crippen LogP contribution is 2.36. The Hall–Kier alpha value is -3.24. The number of rotatable bonds is 6. The van der Waals surface area contributed by atoms with Gasteiger partial charge in [-0.15, -0.1) is 0 Å². The lowest BCUT2D eigenvalue weighted by atomic mass is 9.88. The molecule has 0 saturated heterocycles. The molecule has 2 aromatic carbocycles. The predicted octanol–water partition coefficient (Wildman–Crippen LogP) is 3.60. The zero-order valence-electron chi connectivity index (χ0n) is 17.0. The Kier molecular flexibility index (Phi) is 6.25. The normalized spacial score (nSPS) is 15.3. The molecule has 1 atom stereocenters.